The lowest BCUT2D eigenvalue weighted by Crippen LogP contribution is -2.31. The molecule has 0 spiro atoms. The summed E-state index contributed by atoms with van der Waals surface area (Å²) in [4.78, 5) is 46.3. The number of benzene rings is 1. The van der Waals surface area contributed by atoms with Gasteiger partial charge in [-0.2, -0.15) is 0 Å². The standard InChI is InChI=1S/C21H21ClFN5O5/c1-2-32-14(29)10-27-17-16(18(24)30)25-19(15-12(22)6-3-7-13(15)23)26-20(17)28(21(27)31)9-11-5-4-8-33-11/h3,6-7,11H,2,4-5,8-10H2,1H3,(H2,24,30)/t11-/m1/s1. The molecule has 1 fully saturated rings. The van der Waals surface area contributed by atoms with E-state index >= 15 is 0 Å². The van der Waals surface area contributed by atoms with Crippen molar-refractivity contribution in [2.45, 2.75) is 39.0 Å². The summed E-state index contributed by atoms with van der Waals surface area (Å²) in [7, 11) is 0. The van der Waals surface area contributed by atoms with E-state index in [9.17, 15) is 18.8 Å². The van der Waals surface area contributed by atoms with Crippen LogP contribution < -0.4 is 11.4 Å². The fourth-order valence-corrected chi connectivity index (χ4v) is 4.09. The third-order valence-electron chi connectivity index (χ3n) is 5.28. The highest BCUT2D eigenvalue weighted by Gasteiger charge is 2.28. The van der Waals surface area contributed by atoms with Crippen LogP contribution in [0.25, 0.3) is 22.6 Å². The molecule has 0 unspecified atom stereocenters. The van der Waals surface area contributed by atoms with Crippen LogP contribution in [0.15, 0.2) is 23.0 Å². The van der Waals surface area contributed by atoms with Gasteiger partial charge in [0.15, 0.2) is 17.2 Å². The predicted octanol–water partition coefficient (Wildman–Crippen LogP) is 1.89. The normalized spacial score (nSPS) is 15.8. The van der Waals surface area contributed by atoms with Gasteiger partial charge in [-0.25, -0.2) is 19.2 Å². The molecule has 1 atom stereocenters. The predicted molar refractivity (Wildman–Crippen MR) is 116 cm³/mol. The van der Waals surface area contributed by atoms with E-state index in [2.05, 4.69) is 9.97 Å². The number of fused-ring (bicyclic) bond motifs is 1. The third kappa shape index (κ3) is 4.33. The van der Waals surface area contributed by atoms with Gasteiger partial charge in [0, 0.05) is 6.61 Å². The second kappa shape index (κ2) is 9.28. The van der Waals surface area contributed by atoms with Gasteiger partial charge in [-0.1, -0.05) is 17.7 Å². The number of nitrogens with two attached hydrogens (primary N) is 1. The van der Waals surface area contributed by atoms with Gasteiger partial charge in [-0.05, 0) is 31.9 Å². The first-order chi connectivity index (χ1) is 15.8. The van der Waals surface area contributed by atoms with Crippen molar-refractivity contribution in [2.24, 2.45) is 5.73 Å². The first-order valence-electron chi connectivity index (χ1n) is 10.3. The maximum atomic E-state index is 14.6. The zero-order chi connectivity index (χ0) is 23.7. The zero-order valence-corrected chi connectivity index (χ0v) is 18.5. The maximum Gasteiger partial charge on any atom is 0.331 e. The lowest BCUT2D eigenvalue weighted by atomic mass is 10.2. The fourth-order valence-electron chi connectivity index (χ4n) is 3.85. The molecule has 33 heavy (non-hydrogen) atoms. The maximum absolute atomic E-state index is 14.6. The second-order valence-corrected chi connectivity index (χ2v) is 7.86. The van der Waals surface area contributed by atoms with Crippen LogP contribution in [-0.2, 0) is 27.4 Å². The average Bonchev–Trinajstić information content (AvgIpc) is 3.36. The molecule has 2 aromatic heterocycles. The summed E-state index contributed by atoms with van der Waals surface area (Å²) in [6, 6.07) is 4.03. The summed E-state index contributed by atoms with van der Waals surface area (Å²) in [6.07, 6.45) is 1.28. The summed E-state index contributed by atoms with van der Waals surface area (Å²) >= 11 is 6.17. The first-order valence-corrected chi connectivity index (χ1v) is 10.7. The van der Waals surface area contributed by atoms with Crippen molar-refractivity contribution in [2.75, 3.05) is 13.2 Å². The summed E-state index contributed by atoms with van der Waals surface area (Å²) in [5.74, 6) is -2.60. The first kappa shape index (κ1) is 22.9. The highest BCUT2D eigenvalue weighted by molar-refractivity contribution is 6.33. The number of aromatic nitrogens is 4. The van der Waals surface area contributed by atoms with Crippen molar-refractivity contribution in [3.63, 3.8) is 0 Å². The zero-order valence-electron chi connectivity index (χ0n) is 17.7. The van der Waals surface area contributed by atoms with Gasteiger partial charge in [0.2, 0.25) is 0 Å². The molecule has 1 amide bonds. The topological polar surface area (TPSA) is 131 Å². The molecular formula is C21H21ClFN5O5. The van der Waals surface area contributed by atoms with E-state index < -0.39 is 29.9 Å². The number of rotatable bonds is 7. The Morgan fingerprint density at radius 3 is 2.76 bits per heavy atom. The molecule has 1 aliphatic rings. The Balaban J connectivity index is 2.00. The van der Waals surface area contributed by atoms with Crippen LogP contribution in [0.5, 0.6) is 0 Å². The van der Waals surface area contributed by atoms with E-state index in [1.165, 1.54) is 22.8 Å². The molecule has 3 aromatic rings. The lowest BCUT2D eigenvalue weighted by Gasteiger charge is -2.11. The summed E-state index contributed by atoms with van der Waals surface area (Å²) in [5.41, 5.74) is 4.42. The molecule has 1 saturated heterocycles. The Labute approximate surface area is 192 Å². The number of carbonyl (C=O) groups is 2. The number of carbonyl (C=O) groups excluding carboxylic acids is 2. The van der Waals surface area contributed by atoms with Gasteiger partial charge in [0.05, 0.1) is 29.8 Å². The van der Waals surface area contributed by atoms with Gasteiger partial charge >= 0.3 is 11.7 Å². The summed E-state index contributed by atoms with van der Waals surface area (Å²) < 4.78 is 27.5. The molecule has 0 saturated carbocycles. The number of ether oxygens (including phenoxy) is 2. The molecule has 174 valence electrons. The number of halogens is 2. The number of primary amides is 1. The molecule has 10 nitrogen and oxygen atoms in total. The highest BCUT2D eigenvalue weighted by atomic mass is 35.5. The van der Waals surface area contributed by atoms with Crippen LogP contribution in [0.4, 0.5) is 4.39 Å². The van der Waals surface area contributed by atoms with Gasteiger partial charge in [-0.3, -0.25) is 18.7 Å². The number of amides is 1. The Morgan fingerprint density at radius 1 is 1.33 bits per heavy atom. The second-order valence-electron chi connectivity index (χ2n) is 7.45. The van der Waals surface area contributed by atoms with Crippen LogP contribution >= 0.6 is 11.6 Å². The smallest absolute Gasteiger partial charge is 0.331 e. The number of imidazole rings is 1. The Bertz CT molecular complexity index is 1280. The minimum atomic E-state index is -0.983. The molecule has 3 heterocycles. The lowest BCUT2D eigenvalue weighted by molar-refractivity contribution is -0.143. The molecule has 2 N–H and O–H groups in total. The van der Waals surface area contributed by atoms with Gasteiger partial charge in [0.1, 0.15) is 17.9 Å². The van der Waals surface area contributed by atoms with E-state index in [-0.39, 0.29) is 52.5 Å². The third-order valence-corrected chi connectivity index (χ3v) is 5.59. The monoisotopic (exact) mass is 477 g/mol. The summed E-state index contributed by atoms with van der Waals surface area (Å²) in [5, 5.41) is 0.0174. The van der Waals surface area contributed by atoms with Gasteiger partial charge in [-0.15, -0.1) is 0 Å². The number of esters is 1. The van der Waals surface area contributed by atoms with Crippen LogP contribution in [-0.4, -0.2) is 50.3 Å². The van der Waals surface area contributed by atoms with Gasteiger partial charge < -0.3 is 15.2 Å². The SMILES string of the molecule is CCOC(=O)Cn1c(=O)n(C[C@H]2CCCO2)c2nc(-c3c(F)cccc3Cl)nc(C(N)=O)c21. The van der Waals surface area contributed by atoms with Crippen LogP contribution in [0.2, 0.25) is 5.02 Å². The Morgan fingerprint density at radius 2 is 2.12 bits per heavy atom. The minimum Gasteiger partial charge on any atom is -0.465 e. The largest absolute Gasteiger partial charge is 0.465 e. The molecular weight excluding hydrogens is 457 g/mol. The quantitative estimate of drug-likeness (QED) is 0.514. The van der Waals surface area contributed by atoms with E-state index in [1.807, 2.05) is 0 Å². The van der Waals surface area contributed by atoms with Crippen molar-refractivity contribution in [1.29, 1.82) is 0 Å². The van der Waals surface area contributed by atoms with Crippen molar-refractivity contribution in [3.8, 4) is 11.4 Å². The Kier molecular flexibility index (Phi) is 6.43. The van der Waals surface area contributed by atoms with E-state index in [1.54, 1.807) is 6.92 Å². The van der Waals surface area contributed by atoms with Crippen LogP contribution in [0.1, 0.15) is 30.3 Å². The molecule has 1 aliphatic heterocycles. The number of nitrogens with zero attached hydrogens (tertiary/aromatic N) is 4. The molecule has 0 aliphatic carbocycles. The Hall–Kier alpha value is -3.31. The molecule has 12 heteroatoms. The fraction of sp³-hybridized carbons (Fsp3) is 0.381. The molecule has 0 radical (unpaired) electrons. The number of hydrogen-bond donors (Lipinski definition) is 1. The molecule has 4 rings (SSSR count). The number of hydrogen-bond acceptors (Lipinski definition) is 7. The van der Waals surface area contributed by atoms with Crippen molar-refractivity contribution < 1.29 is 23.5 Å². The summed E-state index contributed by atoms with van der Waals surface area (Å²) in [6.45, 7) is 1.93. The van der Waals surface area contributed by atoms with E-state index in [4.69, 9.17) is 26.8 Å². The van der Waals surface area contributed by atoms with Gasteiger partial charge in [0.25, 0.3) is 5.91 Å². The average molecular weight is 478 g/mol. The molecule has 0 bridgehead atoms. The van der Waals surface area contributed by atoms with Crippen molar-refractivity contribution >= 4 is 34.6 Å². The minimum absolute atomic E-state index is 0.0120. The molecule has 1 aromatic carbocycles. The van der Waals surface area contributed by atoms with Crippen LogP contribution in [0, 0.1) is 5.82 Å². The van der Waals surface area contributed by atoms with Crippen molar-refractivity contribution in [1.82, 2.24) is 19.1 Å². The van der Waals surface area contributed by atoms with E-state index in [0.717, 1.165) is 17.4 Å². The van der Waals surface area contributed by atoms with Crippen molar-refractivity contribution in [3.05, 3.63) is 45.2 Å². The van der Waals surface area contributed by atoms with Crippen LogP contribution in [0.3, 0.4) is 0 Å². The highest BCUT2D eigenvalue weighted by Crippen LogP contribution is 2.30. The van der Waals surface area contributed by atoms with E-state index in [0.29, 0.717) is 6.61 Å².